The van der Waals surface area contributed by atoms with Crippen molar-refractivity contribution in [2.24, 2.45) is 5.10 Å². The lowest BCUT2D eigenvalue weighted by molar-refractivity contribution is -0.128. The first-order valence-corrected chi connectivity index (χ1v) is 10.5. The van der Waals surface area contributed by atoms with Gasteiger partial charge in [0, 0.05) is 21.7 Å². The van der Waals surface area contributed by atoms with Crippen LogP contribution in [0.15, 0.2) is 93.1 Å². The molecule has 0 atom stereocenters. The molecule has 8 nitrogen and oxygen atoms in total. The second-order valence-electron chi connectivity index (χ2n) is 6.68. The number of halogens is 1. The van der Waals surface area contributed by atoms with E-state index in [9.17, 15) is 9.59 Å². The highest BCUT2D eigenvalue weighted by Gasteiger charge is 2.11. The highest BCUT2D eigenvalue weighted by Crippen LogP contribution is 2.22. The van der Waals surface area contributed by atoms with Gasteiger partial charge in [0.15, 0.2) is 0 Å². The number of rotatable bonds is 7. The second-order valence-corrected chi connectivity index (χ2v) is 7.60. The fourth-order valence-electron chi connectivity index (χ4n) is 2.81. The number of nitrogens with one attached hydrogen (secondary N) is 2. The molecule has 0 aliphatic carbocycles. The maximum atomic E-state index is 12.4. The number of aromatic nitrogens is 2. The van der Waals surface area contributed by atoms with Crippen LogP contribution >= 0.6 is 15.9 Å². The minimum Gasteiger partial charge on any atom is -0.465 e. The average molecular weight is 505 g/mol. The molecule has 1 amide bonds. The number of carbonyl (C=O) groups is 2. The lowest BCUT2D eigenvalue weighted by Crippen LogP contribution is -2.18. The zero-order valence-corrected chi connectivity index (χ0v) is 18.7. The molecule has 0 saturated heterocycles. The van der Waals surface area contributed by atoms with E-state index in [0.29, 0.717) is 17.0 Å². The van der Waals surface area contributed by atoms with Gasteiger partial charge in [-0.25, -0.2) is 10.2 Å². The Morgan fingerprint density at radius 1 is 1.09 bits per heavy atom. The quantitative estimate of drug-likeness (QED) is 0.123. The van der Waals surface area contributed by atoms with Crippen molar-refractivity contribution in [1.82, 2.24) is 15.6 Å². The smallest absolute Gasteiger partial charge is 0.336 e. The lowest BCUT2D eigenvalue weighted by atomic mass is 10.1. The number of nitrogens with zero attached hydrogens (tertiary/aromatic N) is 2. The predicted molar refractivity (Wildman–Crippen MR) is 127 cm³/mol. The summed E-state index contributed by atoms with van der Waals surface area (Å²) in [5.74, 6) is -0.242. The summed E-state index contributed by atoms with van der Waals surface area (Å²) >= 11 is 3.37. The summed E-state index contributed by atoms with van der Waals surface area (Å²) < 4.78 is 11.3. The Labute approximate surface area is 197 Å². The van der Waals surface area contributed by atoms with E-state index in [0.717, 1.165) is 10.0 Å². The second kappa shape index (κ2) is 10.4. The molecule has 2 N–H and O–H groups in total. The van der Waals surface area contributed by atoms with Gasteiger partial charge in [0.2, 0.25) is 0 Å². The van der Waals surface area contributed by atoms with Gasteiger partial charge >= 0.3 is 5.97 Å². The van der Waals surface area contributed by atoms with Crippen molar-refractivity contribution in [2.75, 3.05) is 0 Å². The Morgan fingerprint density at radius 3 is 2.73 bits per heavy atom. The number of H-pyrrole nitrogens is 1. The number of furan rings is 1. The van der Waals surface area contributed by atoms with Crippen molar-refractivity contribution in [3.05, 3.63) is 101 Å². The van der Waals surface area contributed by atoms with Crippen molar-refractivity contribution < 1.29 is 18.7 Å². The SMILES string of the molecule is O=C(/C=C/c1ccco1)Oc1ccc(Br)cc1/C=N/NC(=O)c1cc(-c2ccccc2)n[nH]1. The van der Waals surface area contributed by atoms with E-state index in [1.165, 1.54) is 24.6 Å². The van der Waals surface area contributed by atoms with Crippen molar-refractivity contribution in [3.8, 4) is 17.0 Å². The number of hydrogen-bond donors (Lipinski definition) is 2. The molecular weight excluding hydrogens is 488 g/mol. The molecule has 4 aromatic rings. The number of ether oxygens (including phenoxy) is 1. The topological polar surface area (TPSA) is 110 Å². The molecule has 2 aromatic carbocycles. The largest absolute Gasteiger partial charge is 0.465 e. The van der Waals surface area contributed by atoms with Gasteiger partial charge in [-0.3, -0.25) is 9.89 Å². The van der Waals surface area contributed by atoms with E-state index in [-0.39, 0.29) is 11.4 Å². The fraction of sp³-hybridized carbons (Fsp3) is 0. The molecule has 9 heteroatoms. The number of benzene rings is 2. The number of hydrazone groups is 1. The maximum absolute atomic E-state index is 12.4. The van der Waals surface area contributed by atoms with Crippen molar-refractivity contribution in [3.63, 3.8) is 0 Å². The first-order valence-electron chi connectivity index (χ1n) is 9.76. The normalized spacial score (nSPS) is 11.2. The van der Waals surface area contributed by atoms with Crippen LogP contribution in [0.5, 0.6) is 5.75 Å². The predicted octanol–water partition coefficient (Wildman–Crippen LogP) is 4.81. The lowest BCUT2D eigenvalue weighted by Gasteiger charge is -2.06. The molecule has 0 aliphatic heterocycles. The summed E-state index contributed by atoms with van der Waals surface area (Å²) in [5, 5.41) is 10.8. The highest BCUT2D eigenvalue weighted by atomic mass is 79.9. The molecule has 0 bridgehead atoms. The molecule has 0 unspecified atom stereocenters. The third-order valence-electron chi connectivity index (χ3n) is 4.37. The zero-order valence-electron chi connectivity index (χ0n) is 17.1. The van der Waals surface area contributed by atoms with Gasteiger partial charge in [-0.05, 0) is 42.5 Å². The van der Waals surface area contributed by atoms with E-state index < -0.39 is 11.9 Å². The van der Waals surface area contributed by atoms with Crippen LogP contribution in [0.25, 0.3) is 17.3 Å². The summed E-state index contributed by atoms with van der Waals surface area (Å²) in [7, 11) is 0. The first kappa shape index (κ1) is 22.0. The number of esters is 1. The first-order chi connectivity index (χ1) is 16.1. The van der Waals surface area contributed by atoms with Gasteiger partial charge in [-0.15, -0.1) is 0 Å². The molecule has 4 rings (SSSR count). The molecule has 164 valence electrons. The molecule has 0 radical (unpaired) electrons. The third kappa shape index (κ3) is 5.92. The van der Waals surface area contributed by atoms with Gasteiger partial charge in [0.25, 0.3) is 5.91 Å². The summed E-state index contributed by atoms with van der Waals surface area (Å²) in [5.41, 5.74) is 4.71. The molecule has 0 aliphatic rings. The van der Waals surface area contributed by atoms with Crippen LogP contribution in [0, 0.1) is 0 Å². The van der Waals surface area contributed by atoms with Crippen molar-refractivity contribution >= 4 is 40.1 Å². The maximum Gasteiger partial charge on any atom is 0.336 e. The molecule has 0 fully saturated rings. The molecule has 33 heavy (non-hydrogen) atoms. The van der Waals surface area contributed by atoms with Crippen LogP contribution in [0.1, 0.15) is 21.8 Å². The highest BCUT2D eigenvalue weighted by molar-refractivity contribution is 9.10. The van der Waals surface area contributed by atoms with E-state index in [4.69, 9.17) is 9.15 Å². The van der Waals surface area contributed by atoms with Crippen molar-refractivity contribution in [1.29, 1.82) is 0 Å². The van der Waals surface area contributed by atoms with Crippen molar-refractivity contribution in [2.45, 2.75) is 0 Å². The molecule has 2 aromatic heterocycles. The Bertz CT molecular complexity index is 1310. The number of carbonyl (C=O) groups excluding carboxylic acids is 2. The standard InChI is InChI=1S/C24H17BrN4O4/c25-18-8-10-22(33-23(30)11-9-19-7-4-12-32-19)17(13-18)15-26-29-24(31)21-14-20(27-28-21)16-5-2-1-3-6-16/h1-15H,(H,27,28)(H,29,31)/b11-9+,26-15+. The van der Waals surface area contributed by atoms with E-state index >= 15 is 0 Å². The average Bonchev–Trinajstić information content (AvgIpc) is 3.52. The zero-order chi connectivity index (χ0) is 23.0. The van der Waals surface area contributed by atoms with Gasteiger partial charge in [0.05, 0.1) is 18.2 Å². The fourth-order valence-corrected chi connectivity index (χ4v) is 3.19. The van der Waals surface area contributed by atoms with Gasteiger partial charge in [0.1, 0.15) is 17.2 Å². The number of hydrogen-bond acceptors (Lipinski definition) is 6. The molecule has 0 spiro atoms. The van der Waals surface area contributed by atoms with E-state index in [1.807, 2.05) is 30.3 Å². The Morgan fingerprint density at radius 2 is 1.94 bits per heavy atom. The Kier molecular flexibility index (Phi) is 6.91. The van der Waals surface area contributed by atoms with Crippen LogP contribution < -0.4 is 10.2 Å². The Balaban J connectivity index is 1.41. The molecule has 0 saturated carbocycles. The number of aromatic amines is 1. The summed E-state index contributed by atoms with van der Waals surface area (Å²) in [6.45, 7) is 0. The third-order valence-corrected chi connectivity index (χ3v) is 4.86. The van der Waals surface area contributed by atoms with Crippen LogP contribution in [0.2, 0.25) is 0 Å². The number of amides is 1. The summed E-state index contributed by atoms with van der Waals surface area (Å²) in [4.78, 5) is 24.5. The molecule has 2 heterocycles. The minimum atomic E-state index is -0.585. The van der Waals surface area contributed by atoms with Gasteiger partial charge in [-0.2, -0.15) is 10.2 Å². The monoisotopic (exact) mass is 504 g/mol. The van der Waals surface area contributed by atoms with Gasteiger partial charge < -0.3 is 9.15 Å². The van der Waals surface area contributed by atoms with E-state index in [2.05, 4.69) is 36.7 Å². The molecular formula is C24H17BrN4O4. The minimum absolute atomic E-state index is 0.259. The van der Waals surface area contributed by atoms with Crippen LogP contribution in [-0.2, 0) is 4.79 Å². The van der Waals surface area contributed by atoms with E-state index in [1.54, 1.807) is 36.4 Å². The van der Waals surface area contributed by atoms with Crippen LogP contribution in [-0.4, -0.2) is 28.3 Å². The van der Waals surface area contributed by atoms with Crippen LogP contribution in [0.4, 0.5) is 0 Å². The Hall–Kier alpha value is -4.24. The van der Waals surface area contributed by atoms with Gasteiger partial charge in [-0.1, -0.05) is 46.3 Å². The summed E-state index contributed by atoms with van der Waals surface area (Å²) in [6.07, 6.45) is 5.65. The van der Waals surface area contributed by atoms with Crippen LogP contribution in [0.3, 0.4) is 0 Å². The summed E-state index contributed by atoms with van der Waals surface area (Å²) in [6, 6.07) is 19.6.